The molecule has 1 saturated heterocycles. The van der Waals surface area contributed by atoms with Crippen molar-refractivity contribution in [3.05, 3.63) is 70.3 Å². The third-order valence-electron chi connectivity index (χ3n) is 5.99. The van der Waals surface area contributed by atoms with E-state index >= 15 is 0 Å². The Morgan fingerprint density at radius 3 is 2.24 bits per heavy atom. The number of ether oxygens (including phenoxy) is 1. The maximum absolute atomic E-state index is 13.1. The SMILES string of the molecule is CCN(CC)CCN1C(=O)C(=O)/C(=C(/O)c2ccc(OCC(C)C)cc2)[C@H]1c1ccc(Cl)cc1. The lowest BCUT2D eigenvalue weighted by atomic mass is 9.95. The number of carbonyl (C=O) groups is 2. The number of likely N-dealkylation sites (tertiary alicyclic amines) is 1. The Morgan fingerprint density at radius 1 is 1.06 bits per heavy atom. The number of likely N-dealkylation sites (N-methyl/N-ethyl adjacent to an activating group) is 1. The molecule has 1 atom stereocenters. The zero-order valence-corrected chi connectivity index (χ0v) is 21.0. The van der Waals surface area contributed by atoms with Gasteiger partial charge in [0.2, 0.25) is 0 Å². The molecule has 1 amide bonds. The van der Waals surface area contributed by atoms with E-state index in [9.17, 15) is 14.7 Å². The average molecular weight is 485 g/mol. The number of hydrogen-bond donors (Lipinski definition) is 1. The van der Waals surface area contributed by atoms with Crippen LogP contribution in [0.15, 0.2) is 54.1 Å². The molecule has 0 aliphatic carbocycles. The van der Waals surface area contributed by atoms with Gasteiger partial charge in [-0.05, 0) is 61.0 Å². The molecular formula is C27H33ClN2O4. The molecule has 0 aromatic heterocycles. The number of amides is 1. The summed E-state index contributed by atoms with van der Waals surface area (Å²) in [5.41, 5.74) is 1.27. The normalized spacial score (nSPS) is 17.7. The molecule has 2 aromatic rings. The van der Waals surface area contributed by atoms with Crippen molar-refractivity contribution in [2.45, 2.75) is 33.7 Å². The van der Waals surface area contributed by atoms with Crippen LogP contribution >= 0.6 is 11.6 Å². The van der Waals surface area contributed by atoms with E-state index in [1.54, 1.807) is 53.4 Å². The fraction of sp³-hybridized carbons (Fsp3) is 0.407. The van der Waals surface area contributed by atoms with Crippen molar-refractivity contribution in [2.75, 3.05) is 32.8 Å². The smallest absolute Gasteiger partial charge is 0.295 e. The van der Waals surface area contributed by atoms with Crippen molar-refractivity contribution in [2.24, 2.45) is 5.92 Å². The topological polar surface area (TPSA) is 70.1 Å². The summed E-state index contributed by atoms with van der Waals surface area (Å²) in [6.45, 7) is 11.5. The quantitative estimate of drug-likeness (QED) is 0.287. The van der Waals surface area contributed by atoms with E-state index in [0.29, 0.717) is 41.9 Å². The van der Waals surface area contributed by atoms with Gasteiger partial charge in [0.15, 0.2) is 0 Å². The van der Waals surface area contributed by atoms with Gasteiger partial charge in [0.1, 0.15) is 11.5 Å². The number of carbonyl (C=O) groups excluding carboxylic acids is 2. The van der Waals surface area contributed by atoms with Gasteiger partial charge in [-0.3, -0.25) is 9.59 Å². The predicted molar refractivity (Wildman–Crippen MR) is 135 cm³/mol. The third-order valence-corrected chi connectivity index (χ3v) is 6.24. The standard InChI is InChI=1S/C27H33ClN2O4/c1-5-29(6-2)15-16-30-24(19-7-11-21(28)12-8-19)23(26(32)27(30)33)25(31)20-9-13-22(14-10-20)34-17-18(3)4/h7-14,18,24,31H,5-6,15-17H2,1-4H3/b25-23+/t24-/m1/s1. The van der Waals surface area contributed by atoms with Gasteiger partial charge in [-0.2, -0.15) is 0 Å². The molecule has 1 heterocycles. The highest BCUT2D eigenvalue weighted by atomic mass is 35.5. The summed E-state index contributed by atoms with van der Waals surface area (Å²) in [4.78, 5) is 29.9. The van der Waals surface area contributed by atoms with Crippen molar-refractivity contribution in [3.63, 3.8) is 0 Å². The molecule has 0 spiro atoms. The number of aliphatic hydroxyl groups excluding tert-OH is 1. The fourth-order valence-corrected chi connectivity index (χ4v) is 4.14. The van der Waals surface area contributed by atoms with Crippen LogP contribution < -0.4 is 4.74 Å². The minimum absolute atomic E-state index is 0.0859. The van der Waals surface area contributed by atoms with Gasteiger partial charge >= 0.3 is 0 Å². The molecule has 6 nitrogen and oxygen atoms in total. The summed E-state index contributed by atoms with van der Waals surface area (Å²) in [7, 11) is 0. The van der Waals surface area contributed by atoms with Crippen LogP contribution in [0.4, 0.5) is 0 Å². The zero-order chi connectivity index (χ0) is 24.8. The predicted octanol–water partition coefficient (Wildman–Crippen LogP) is 5.14. The highest BCUT2D eigenvalue weighted by Gasteiger charge is 2.45. The summed E-state index contributed by atoms with van der Waals surface area (Å²) in [5.74, 6) is -0.416. The van der Waals surface area contributed by atoms with Crippen LogP contribution in [0.2, 0.25) is 5.02 Å². The monoisotopic (exact) mass is 484 g/mol. The fourth-order valence-electron chi connectivity index (χ4n) is 4.02. The van der Waals surface area contributed by atoms with Crippen LogP contribution in [0.3, 0.4) is 0 Å². The van der Waals surface area contributed by atoms with Crippen molar-refractivity contribution < 1.29 is 19.4 Å². The number of hydrogen-bond acceptors (Lipinski definition) is 5. The molecule has 0 saturated carbocycles. The molecule has 1 fully saturated rings. The lowest BCUT2D eigenvalue weighted by molar-refractivity contribution is -0.140. The van der Waals surface area contributed by atoms with Crippen LogP contribution in [-0.2, 0) is 9.59 Å². The van der Waals surface area contributed by atoms with Crippen LogP contribution in [0.5, 0.6) is 5.75 Å². The van der Waals surface area contributed by atoms with Gasteiger partial charge in [0.25, 0.3) is 11.7 Å². The zero-order valence-electron chi connectivity index (χ0n) is 20.3. The van der Waals surface area contributed by atoms with Gasteiger partial charge in [-0.1, -0.05) is 51.4 Å². The van der Waals surface area contributed by atoms with Gasteiger partial charge in [0, 0.05) is 23.7 Å². The summed E-state index contributed by atoms with van der Waals surface area (Å²) in [6, 6.07) is 13.3. The van der Waals surface area contributed by atoms with Crippen molar-refractivity contribution in [1.29, 1.82) is 0 Å². The highest BCUT2D eigenvalue weighted by molar-refractivity contribution is 6.46. The van der Waals surface area contributed by atoms with Crippen molar-refractivity contribution >= 4 is 29.1 Å². The first-order valence-electron chi connectivity index (χ1n) is 11.8. The molecule has 7 heteroatoms. The first-order valence-corrected chi connectivity index (χ1v) is 12.1. The molecule has 34 heavy (non-hydrogen) atoms. The van der Waals surface area contributed by atoms with E-state index in [-0.39, 0.29) is 11.3 Å². The third kappa shape index (κ3) is 5.80. The largest absolute Gasteiger partial charge is 0.507 e. The van der Waals surface area contributed by atoms with Gasteiger partial charge in [0.05, 0.1) is 18.2 Å². The van der Waals surface area contributed by atoms with Gasteiger partial charge in [-0.15, -0.1) is 0 Å². The molecule has 0 unspecified atom stereocenters. The van der Waals surface area contributed by atoms with Crippen LogP contribution in [-0.4, -0.2) is 59.4 Å². The Morgan fingerprint density at radius 2 is 1.68 bits per heavy atom. The summed E-state index contributed by atoms with van der Waals surface area (Å²) >= 11 is 6.08. The maximum Gasteiger partial charge on any atom is 0.295 e. The molecule has 0 bridgehead atoms. The molecule has 182 valence electrons. The number of ketones is 1. The number of aliphatic hydroxyl groups is 1. The lowest BCUT2D eigenvalue weighted by Crippen LogP contribution is -2.38. The number of Topliss-reactive ketones (excluding diaryl/α,β-unsaturated/α-hetero) is 1. The first kappa shape index (κ1) is 25.8. The number of nitrogens with zero attached hydrogens (tertiary/aromatic N) is 2. The molecule has 3 rings (SSSR count). The second kappa shape index (κ2) is 11.5. The molecule has 1 aliphatic rings. The summed E-state index contributed by atoms with van der Waals surface area (Å²) < 4.78 is 5.72. The van der Waals surface area contributed by atoms with E-state index < -0.39 is 17.7 Å². The summed E-state index contributed by atoms with van der Waals surface area (Å²) in [5, 5.41) is 11.8. The second-order valence-electron chi connectivity index (χ2n) is 8.80. The van der Waals surface area contributed by atoms with Crippen molar-refractivity contribution in [1.82, 2.24) is 9.80 Å². The van der Waals surface area contributed by atoms with Crippen LogP contribution in [0.1, 0.15) is 44.9 Å². The Balaban J connectivity index is 2.00. The number of benzene rings is 2. The van der Waals surface area contributed by atoms with Gasteiger partial charge < -0.3 is 19.6 Å². The van der Waals surface area contributed by atoms with E-state index in [0.717, 1.165) is 18.7 Å². The molecule has 1 N–H and O–H groups in total. The van der Waals surface area contributed by atoms with E-state index in [2.05, 4.69) is 32.6 Å². The minimum Gasteiger partial charge on any atom is -0.507 e. The Bertz CT molecular complexity index is 1030. The average Bonchev–Trinajstić information content (AvgIpc) is 3.08. The van der Waals surface area contributed by atoms with Crippen molar-refractivity contribution in [3.8, 4) is 5.75 Å². The number of rotatable bonds is 10. The van der Waals surface area contributed by atoms with E-state index in [1.165, 1.54) is 0 Å². The van der Waals surface area contributed by atoms with Crippen LogP contribution in [0.25, 0.3) is 5.76 Å². The highest BCUT2D eigenvalue weighted by Crippen LogP contribution is 2.39. The number of halogens is 1. The van der Waals surface area contributed by atoms with E-state index in [4.69, 9.17) is 16.3 Å². The molecule has 0 radical (unpaired) electrons. The Hall–Kier alpha value is -2.83. The minimum atomic E-state index is -0.690. The second-order valence-corrected chi connectivity index (χ2v) is 9.24. The molecule has 2 aromatic carbocycles. The van der Waals surface area contributed by atoms with E-state index in [1.807, 2.05) is 0 Å². The first-order chi connectivity index (χ1) is 16.3. The molecule has 1 aliphatic heterocycles. The maximum atomic E-state index is 13.1. The molecular weight excluding hydrogens is 452 g/mol. The Kier molecular flexibility index (Phi) is 8.75. The Labute approximate surface area is 206 Å². The van der Waals surface area contributed by atoms with Gasteiger partial charge in [-0.25, -0.2) is 0 Å². The lowest BCUT2D eigenvalue weighted by Gasteiger charge is -2.28. The van der Waals surface area contributed by atoms with Crippen LogP contribution in [0, 0.1) is 5.92 Å². The summed E-state index contributed by atoms with van der Waals surface area (Å²) in [6.07, 6.45) is 0.